The van der Waals surface area contributed by atoms with Crippen molar-refractivity contribution in [3.8, 4) is 5.75 Å². The summed E-state index contributed by atoms with van der Waals surface area (Å²) < 4.78 is 5.26. The molecular formula is C21H34IN5O2. The molecule has 0 unspecified atom stereocenters. The van der Waals surface area contributed by atoms with Crippen LogP contribution in [0.1, 0.15) is 24.8 Å². The normalized spacial score (nSPS) is 17.9. The molecule has 1 aromatic carbocycles. The third kappa shape index (κ3) is 7.02. The Morgan fingerprint density at radius 1 is 1.21 bits per heavy atom. The molecule has 1 aliphatic heterocycles. The Morgan fingerprint density at radius 3 is 2.59 bits per heavy atom. The van der Waals surface area contributed by atoms with E-state index in [0.717, 1.165) is 69.4 Å². The molecule has 3 rings (SSSR count). The first-order chi connectivity index (χ1) is 13.7. The number of halogens is 1. The van der Waals surface area contributed by atoms with Crippen molar-refractivity contribution in [3.05, 3.63) is 29.8 Å². The molecule has 162 valence electrons. The predicted octanol–water partition coefficient (Wildman–Crippen LogP) is 1.92. The van der Waals surface area contributed by atoms with Crippen LogP contribution in [0.3, 0.4) is 0 Å². The molecule has 1 amide bonds. The zero-order valence-electron chi connectivity index (χ0n) is 17.5. The highest BCUT2D eigenvalue weighted by atomic mass is 127. The SMILES string of the molecule is CN=C(NCCN1CCN(C(=O)C2CCC2)CC1)NCc1cccc(OC)c1.I. The Balaban J connectivity index is 0.00000300. The van der Waals surface area contributed by atoms with E-state index in [2.05, 4.69) is 31.5 Å². The van der Waals surface area contributed by atoms with Crippen LogP contribution in [0, 0.1) is 5.92 Å². The van der Waals surface area contributed by atoms with Gasteiger partial charge >= 0.3 is 0 Å². The van der Waals surface area contributed by atoms with Crippen molar-refractivity contribution in [2.75, 3.05) is 53.4 Å². The minimum atomic E-state index is 0. The molecule has 0 spiro atoms. The van der Waals surface area contributed by atoms with E-state index in [9.17, 15) is 4.79 Å². The second kappa shape index (κ2) is 12.2. The van der Waals surface area contributed by atoms with Gasteiger partial charge in [-0.25, -0.2) is 0 Å². The fourth-order valence-electron chi connectivity index (χ4n) is 3.63. The standard InChI is InChI=1S/C21H33N5O2.HI/c1-22-21(24-16-17-5-3-8-19(15-17)28-2)23-9-10-25-11-13-26(14-12-25)20(27)18-6-4-7-18;/h3,5,8,15,18H,4,6-7,9-14,16H2,1-2H3,(H2,22,23,24);1H. The monoisotopic (exact) mass is 515 g/mol. The summed E-state index contributed by atoms with van der Waals surface area (Å²) in [4.78, 5) is 21.1. The number of aliphatic imine (C=N–C) groups is 1. The molecular weight excluding hydrogens is 481 g/mol. The molecule has 7 nitrogen and oxygen atoms in total. The van der Waals surface area contributed by atoms with Gasteiger partial charge in [0.25, 0.3) is 0 Å². The summed E-state index contributed by atoms with van der Waals surface area (Å²) in [6, 6.07) is 8.01. The van der Waals surface area contributed by atoms with Crippen molar-refractivity contribution >= 4 is 35.8 Å². The number of hydrogen-bond donors (Lipinski definition) is 2. The third-order valence-corrected chi connectivity index (χ3v) is 5.68. The molecule has 1 saturated heterocycles. The first kappa shape index (κ1) is 23.7. The van der Waals surface area contributed by atoms with E-state index in [4.69, 9.17) is 4.74 Å². The van der Waals surface area contributed by atoms with Gasteiger partial charge in [0.15, 0.2) is 5.96 Å². The predicted molar refractivity (Wildman–Crippen MR) is 127 cm³/mol. The molecule has 2 fully saturated rings. The Bertz CT molecular complexity index is 673. The van der Waals surface area contributed by atoms with Crippen molar-refractivity contribution < 1.29 is 9.53 Å². The van der Waals surface area contributed by atoms with E-state index in [1.807, 2.05) is 18.2 Å². The van der Waals surface area contributed by atoms with Crippen molar-refractivity contribution in [1.82, 2.24) is 20.4 Å². The topological polar surface area (TPSA) is 69.2 Å². The van der Waals surface area contributed by atoms with E-state index in [0.29, 0.717) is 18.4 Å². The van der Waals surface area contributed by atoms with Crippen LogP contribution in [0.2, 0.25) is 0 Å². The lowest BCUT2D eigenvalue weighted by molar-refractivity contribution is -0.139. The van der Waals surface area contributed by atoms with E-state index in [1.54, 1.807) is 14.2 Å². The van der Waals surface area contributed by atoms with Gasteiger partial charge < -0.3 is 20.3 Å². The van der Waals surface area contributed by atoms with Crippen LogP contribution < -0.4 is 15.4 Å². The molecule has 0 bridgehead atoms. The molecule has 8 heteroatoms. The zero-order valence-corrected chi connectivity index (χ0v) is 19.9. The molecule has 2 N–H and O–H groups in total. The number of benzene rings is 1. The first-order valence-electron chi connectivity index (χ1n) is 10.3. The van der Waals surface area contributed by atoms with Crippen LogP contribution in [0.15, 0.2) is 29.3 Å². The molecule has 0 radical (unpaired) electrons. The average Bonchev–Trinajstić information content (AvgIpc) is 2.69. The second-order valence-electron chi connectivity index (χ2n) is 7.50. The number of nitrogens with one attached hydrogen (secondary N) is 2. The maximum Gasteiger partial charge on any atom is 0.225 e. The minimum absolute atomic E-state index is 0. The van der Waals surface area contributed by atoms with Gasteiger partial charge in [-0.05, 0) is 30.5 Å². The minimum Gasteiger partial charge on any atom is -0.497 e. The largest absolute Gasteiger partial charge is 0.497 e. The average molecular weight is 515 g/mol. The highest BCUT2D eigenvalue weighted by Gasteiger charge is 2.30. The number of piperazine rings is 1. The first-order valence-corrected chi connectivity index (χ1v) is 10.3. The summed E-state index contributed by atoms with van der Waals surface area (Å²) in [6.45, 7) is 6.10. The Labute approximate surface area is 191 Å². The Morgan fingerprint density at radius 2 is 1.97 bits per heavy atom. The van der Waals surface area contributed by atoms with E-state index in [1.165, 1.54) is 6.42 Å². The Kier molecular flexibility index (Phi) is 9.99. The maximum atomic E-state index is 12.3. The third-order valence-electron chi connectivity index (χ3n) is 5.68. The number of guanidine groups is 1. The van der Waals surface area contributed by atoms with Gasteiger partial charge in [-0.2, -0.15) is 0 Å². The van der Waals surface area contributed by atoms with Gasteiger partial charge in [-0.3, -0.25) is 14.7 Å². The van der Waals surface area contributed by atoms with E-state index in [-0.39, 0.29) is 24.0 Å². The Hall–Kier alpha value is -1.55. The van der Waals surface area contributed by atoms with Gasteiger partial charge in [-0.1, -0.05) is 18.6 Å². The van der Waals surface area contributed by atoms with Crippen LogP contribution in [-0.4, -0.2) is 75.1 Å². The van der Waals surface area contributed by atoms with Crippen molar-refractivity contribution in [2.45, 2.75) is 25.8 Å². The van der Waals surface area contributed by atoms with Crippen molar-refractivity contribution in [1.29, 1.82) is 0 Å². The molecule has 0 aromatic heterocycles. The van der Waals surface area contributed by atoms with E-state index >= 15 is 0 Å². The summed E-state index contributed by atoms with van der Waals surface area (Å²) in [5.74, 6) is 2.34. The molecule has 0 atom stereocenters. The zero-order chi connectivity index (χ0) is 19.8. The number of carbonyl (C=O) groups excluding carboxylic acids is 1. The molecule has 1 saturated carbocycles. The van der Waals surface area contributed by atoms with Gasteiger partial charge in [0.05, 0.1) is 7.11 Å². The van der Waals surface area contributed by atoms with Gasteiger partial charge in [0, 0.05) is 58.8 Å². The lowest BCUT2D eigenvalue weighted by Gasteiger charge is -2.38. The van der Waals surface area contributed by atoms with Gasteiger partial charge in [0.2, 0.25) is 5.91 Å². The summed E-state index contributed by atoms with van der Waals surface area (Å²) >= 11 is 0. The van der Waals surface area contributed by atoms with Crippen LogP contribution in [0.4, 0.5) is 0 Å². The smallest absolute Gasteiger partial charge is 0.225 e. The maximum absolute atomic E-state index is 12.3. The number of hydrogen-bond acceptors (Lipinski definition) is 4. The number of nitrogens with zero attached hydrogens (tertiary/aromatic N) is 3. The molecule has 29 heavy (non-hydrogen) atoms. The lowest BCUT2D eigenvalue weighted by Crippen LogP contribution is -2.52. The van der Waals surface area contributed by atoms with Gasteiger partial charge in [0.1, 0.15) is 5.75 Å². The summed E-state index contributed by atoms with van der Waals surface area (Å²) in [7, 11) is 3.46. The van der Waals surface area contributed by atoms with E-state index < -0.39 is 0 Å². The van der Waals surface area contributed by atoms with Crippen LogP contribution >= 0.6 is 24.0 Å². The van der Waals surface area contributed by atoms with Crippen molar-refractivity contribution in [2.24, 2.45) is 10.9 Å². The fraction of sp³-hybridized carbons (Fsp3) is 0.619. The number of carbonyl (C=O) groups is 1. The second-order valence-corrected chi connectivity index (χ2v) is 7.50. The number of rotatable bonds is 7. The molecule has 1 aromatic rings. The molecule has 1 heterocycles. The van der Waals surface area contributed by atoms with Crippen molar-refractivity contribution in [3.63, 3.8) is 0 Å². The molecule has 1 aliphatic carbocycles. The number of amides is 1. The van der Waals surface area contributed by atoms with Crippen LogP contribution in [-0.2, 0) is 11.3 Å². The highest BCUT2D eigenvalue weighted by Crippen LogP contribution is 2.28. The summed E-state index contributed by atoms with van der Waals surface area (Å²) in [5, 5.41) is 6.71. The molecule has 2 aliphatic rings. The number of methoxy groups -OCH3 is 1. The number of ether oxygens (including phenoxy) is 1. The quantitative estimate of drug-likeness (QED) is 0.330. The summed E-state index contributed by atoms with van der Waals surface area (Å²) in [6.07, 6.45) is 3.39. The highest BCUT2D eigenvalue weighted by molar-refractivity contribution is 14.0. The lowest BCUT2D eigenvalue weighted by atomic mass is 9.84. The van der Waals surface area contributed by atoms with Gasteiger partial charge in [-0.15, -0.1) is 24.0 Å². The van der Waals surface area contributed by atoms with Crippen LogP contribution in [0.5, 0.6) is 5.75 Å². The fourth-order valence-corrected chi connectivity index (χ4v) is 3.63. The summed E-state index contributed by atoms with van der Waals surface area (Å²) in [5.41, 5.74) is 1.15. The van der Waals surface area contributed by atoms with Crippen LogP contribution in [0.25, 0.3) is 0 Å².